The Labute approximate surface area is 103 Å². The van der Waals surface area contributed by atoms with Crippen molar-refractivity contribution in [3.8, 4) is 11.5 Å². The molecule has 0 saturated heterocycles. The van der Waals surface area contributed by atoms with Crippen molar-refractivity contribution in [1.82, 2.24) is 4.98 Å². The third-order valence-corrected chi connectivity index (χ3v) is 2.63. The van der Waals surface area contributed by atoms with Crippen LogP contribution >= 0.6 is 0 Å². The van der Waals surface area contributed by atoms with Crippen molar-refractivity contribution in [1.29, 1.82) is 0 Å². The van der Waals surface area contributed by atoms with E-state index >= 15 is 0 Å². The first-order valence-corrected chi connectivity index (χ1v) is 5.53. The lowest BCUT2D eigenvalue weighted by Crippen LogP contribution is -1.92. The summed E-state index contributed by atoms with van der Waals surface area (Å²) in [5, 5.41) is 2.59. The summed E-state index contributed by atoms with van der Waals surface area (Å²) in [7, 11) is 0. The average Bonchev–Trinajstić information content (AvgIpc) is 2.83. The van der Waals surface area contributed by atoms with Gasteiger partial charge in [-0.25, -0.2) is 4.98 Å². The summed E-state index contributed by atoms with van der Waals surface area (Å²) < 4.78 is 5.66. The van der Waals surface area contributed by atoms with Gasteiger partial charge in [0.1, 0.15) is 5.52 Å². The molecule has 0 unspecified atom stereocenters. The minimum atomic E-state index is 0.578. The first kappa shape index (κ1) is 10.5. The number of oxazole rings is 1. The van der Waals surface area contributed by atoms with Gasteiger partial charge in [0.25, 0.3) is 0 Å². The minimum Gasteiger partial charge on any atom is -0.436 e. The topological polar surface area (TPSA) is 55.1 Å². The Balaban J connectivity index is 2.08. The zero-order valence-electron chi connectivity index (χ0n) is 9.46. The summed E-state index contributed by atoms with van der Waals surface area (Å²) >= 11 is 0. The molecular weight excluding hydrogens is 228 g/mol. The van der Waals surface area contributed by atoms with Crippen LogP contribution in [-0.4, -0.2) is 11.4 Å². The molecule has 0 atom stereocenters. The van der Waals surface area contributed by atoms with Gasteiger partial charge in [-0.05, 0) is 30.3 Å². The van der Waals surface area contributed by atoms with Gasteiger partial charge in [-0.2, -0.15) is 0 Å². The number of aromatic nitrogens is 1. The van der Waals surface area contributed by atoms with Crippen LogP contribution in [0.15, 0.2) is 52.9 Å². The van der Waals surface area contributed by atoms with Gasteiger partial charge in [-0.1, -0.05) is 18.2 Å². The summed E-state index contributed by atoms with van der Waals surface area (Å²) in [6.07, 6.45) is 0.638. The Morgan fingerprint density at radius 3 is 2.72 bits per heavy atom. The zero-order valence-corrected chi connectivity index (χ0v) is 9.46. The quantitative estimate of drug-likeness (QED) is 0.713. The Kier molecular flexibility index (Phi) is 2.53. The number of hydrogen-bond donors (Lipinski definition) is 1. The van der Waals surface area contributed by atoms with Crippen LogP contribution < -0.4 is 5.32 Å². The first-order chi connectivity index (χ1) is 8.86. The number of anilines is 1. The van der Waals surface area contributed by atoms with Crippen molar-refractivity contribution in [3.05, 3.63) is 48.5 Å². The van der Waals surface area contributed by atoms with E-state index < -0.39 is 0 Å². The molecular formula is C14H10N2O2. The monoisotopic (exact) mass is 238 g/mol. The highest BCUT2D eigenvalue weighted by molar-refractivity contribution is 5.83. The van der Waals surface area contributed by atoms with E-state index in [2.05, 4.69) is 10.3 Å². The molecule has 0 spiro atoms. The van der Waals surface area contributed by atoms with Gasteiger partial charge in [0, 0.05) is 11.3 Å². The fourth-order valence-corrected chi connectivity index (χ4v) is 1.79. The molecule has 0 radical (unpaired) electrons. The van der Waals surface area contributed by atoms with Crippen LogP contribution in [0, 0.1) is 0 Å². The number of carbonyl (C=O) groups excluding carboxylic acids is 1. The Hall–Kier alpha value is -2.62. The maximum absolute atomic E-state index is 10.4. The van der Waals surface area contributed by atoms with Gasteiger partial charge in [-0.3, -0.25) is 4.79 Å². The molecule has 1 N–H and O–H groups in total. The van der Waals surface area contributed by atoms with Gasteiger partial charge < -0.3 is 9.73 Å². The molecule has 0 aliphatic carbocycles. The van der Waals surface area contributed by atoms with Crippen LogP contribution in [-0.2, 0) is 4.79 Å². The summed E-state index contributed by atoms with van der Waals surface area (Å²) in [6.45, 7) is 0. The summed E-state index contributed by atoms with van der Waals surface area (Å²) in [5.74, 6) is 0.578. The number of hydrogen-bond acceptors (Lipinski definition) is 3. The van der Waals surface area contributed by atoms with E-state index in [0.717, 1.165) is 11.1 Å². The van der Waals surface area contributed by atoms with Gasteiger partial charge in [-0.15, -0.1) is 0 Å². The molecule has 1 aromatic heterocycles. The molecule has 0 aliphatic heterocycles. The maximum Gasteiger partial charge on any atom is 0.227 e. The number of nitrogens with one attached hydrogen (secondary N) is 1. The van der Waals surface area contributed by atoms with Crippen molar-refractivity contribution in [2.45, 2.75) is 0 Å². The normalized spacial score (nSPS) is 10.4. The Bertz CT molecular complexity index is 689. The van der Waals surface area contributed by atoms with E-state index in [-0.39, 0.29) is 0 Å². The van der Waals surface area contributed by atoms with Gasteiger partial charge in [0.15, 0.2) is 5.58 Å². The van der Waals surface area contributed by atoms with Crippen LogP contribution in [0.4, 0.5) is 5.69 Å². The second-order valence-electron chi connectivity index (χ2n) is 3.83. The number of amides is 1. The Morgan fingerprint density at radius 1 is 1.11 bits per heavy atom. The van der Waals surface area contributed by atoms with E-state index in [1.54, 1.807) is 18.2 Å². The number of rotatable bonds is 3. The summed E-state index contributed by atoms with van der Waals surface area (Å²) in [4.78, 5) is 14.8. The molecule has 4 nitrogen and oxygen atoms in total. The number of nitrogens with zero attached hydrogens (tertiary/aromatic N) is 1. The third-order valence-electron chi connectivity index (χ3n) is 2.63. The molecule has 18 heavy (non-hydrogen) atoms. The zero-order chi connectivity index (χ0) is 12.4. The first-order valence-electron chi connectivity index (χ1n) is 5.53. The van der Waals surface area contributed by atoms with Crippen LogP contribution in [0.3, 0.4) is 0 Å². The molecule has 0 bridgehead atoms. The third kappa shape index (κ3) is 1.84. The van der Waals surface area contributed by atoms with Crippen molar-refractivity contribution >= 4 is 23.2 Å². The molecule has 1 amide bonds. The summed E-state index contributed by atoms with van der Waals surface area (Å²) in [6, 6.07) is 15.0. The van der Waals surface area contributed by atoms with Crippen molar-refractivity contribution < 1.29 is 9.21 Å². The maximum atomic E-state index is 10.4. The van der Waals surface area contributed by atoms with E-state index in [1.807, 2.05) is 30.3 Å². The van der Waals surface area contributed by atoms with E-state index in [0.29, 0.717) is 23.6 Å². The lowest BCUT2D eigenvalue weighted by Gasteiger charge is -1.95. The van der Waals surface area contributed by atoms with Gasteiger partial charge in [0.2, 0.25) is 12.3 Å². The molecule has 3 aromatic rings. The smallest absolute Gasteiger partial charge is 0.227 e. The molecule has 4 heteroatoms. The van der Waals surface area contributed by atoms with Crippen molar-refractivity contribution in [2.24, 2.45) is 0 Å². The number of fused-ring (bicyclic) bond motifs is 1. The molecule has 0 saturated carbocycles. The molecule has 1 heterocycles. The predicted octanol–water partition coefficient (Wildman–Crippen LogP) is 3.06. The largest absolute Gasteiger partial charge is 0.436 e. The molecule has 88 valence electrons. The fourth-order valence-electron chi connectivity index (χ4n) is 1.79. The number of carbonyl (C=O) groups is 1. The van der Waals surface area contributed by atoms with E-state index in [4.69, 9.17) is 4.42 Å². The average molecular weight is 238 g/mol. The highest BCUT2D eigenvalue weighted by Gasteiger charge is 2.07. The lowest BCUT2D eigenvalue weighted by molar-refractivity contribution is -0.105. The molecule has 2 aromatic carbocycles. The number of benzene rings is 2. The minimum absolute atomic E-state index is 0.578. The van der Waals surface area contributed by atoms with E-state index in [9.17, 15) is 4.79 Å². The van der Waals surface area contributed by atoms with Crippen LogP contribution in [0.5, 0.6) is 0 Å². The molecule has 3 rings (SSSR count). The SMILES string of the molecule is O=CNc1ccc2oc(-c3ccccc3)nc2c1. The molecule has 0 fully saturated rings. The predicted molar refractivity (Wildman–Crippen MR) is 69.1 cm³/mol. The Morgan fingerprint density at radius 2 is 1.94 bits per heavy atom. The van der Waals surface area contributed by atoms with Gasteiger partial charge in [0.05, 0.1) is 0 Å². The lowest BCUT2D eigenvalue weighted by atomic mass is 10.2. The molecule has 0 aliphatic rings. The second-order valence-corrected chi connectivity index (χ2v) is 3.83. The van der Waals surface area contributed by atoms with Gasteiger partial charge >= 0.3 is 0 Å². The highest BCUT2D eigenvalue weighted by Crippen LogP contribution is 2.25. The highest BCUT2D eigenvalue weighted by atomic mass is 16.3. The van der Waals surface area contributed by atoms with Crippen LogP contribution in [0.2, 0.25) is 0 Å². The fraction of sp³-hybridized carbons (Fsp3) is 0. The second kappa shape index (κ2) is 4.33. The standard InChI is InChI=1S/C14H10N2O2/c17-9-15-11-6-7-13-12(8-11)16-14(18-13)10-4-2-1-3-5-10/h1-9H,(H,15,17). The summed E-state index contributed by atoms with van der Waals surface area (Å²) in [5.41, 5.74) is 3.05. The van der Waals surface area contributed by atoms with E-state index in [1.165, 1.54) is 0 Å². The van der Waals surface area contributed by atoms with Crippen LogP contribution in [0.25, 0.3) is 22.6 Å². The van der Waals surface area contributed by atoms with Crippen molar-refractivity contribution in [3.63, 3.8) is 0 Å². The van der Waals surface area contributed by atoms with Crippen LogP contribution in [0.1, 0.15) is 0 Å². The van der Waals surface area contributed by atoms with Crippen molar-refractivity contribution in [2.75, 3.05) is 5.32 Å².